The van der Waals surface area contributed by atoms with Gasteiger partial charge in [0.2, 0.25) is 0 Å². The molecule has 28 heavy (non-hydrogen) atoms. The average Bonchev–Trinajstić information content (AvgIpc) is 2.75. The third kappa shape index (κ3) is 7.31. The Bertz CT molecular complexity index is 710. The summed E-state index contributed by atoms with van der Waals surface area (Å²) in [6, 6.07) is 14.9. The fraction of sp³-hybridized carbons (Fsp3) is 0.478. The average molecular weight is 382 g/mol. The molecule has 2 aromatic rings. The number of aromatic nitrogens is 1. The van der Waals surface area contributed by atoms with Crippen molar-refractivity contribution in [3.63, 3.8) is 0 Å². The fourth-order valence-electron chi connectivity index (χ4n) is 3.22. The molecule has 0 amide bonds. The molecule has 5 heteroatoms. The van der Waals surface area contributed by atoms with Crippen molar-refractivity contribution in [1.29, 1.82) is 0 Å². The molecule has 2 N–H and O–H groups in total. The number of pyridine rings is 1. The standard InChI is InChI=1S/C23H35N5/c1-5-28(6-2)16-10-11-19(3)27-23(24-4)26-18-20-12-9-13-21(17-20)22-14-7-8-15-25-22/h7-9,12-15,17,19H,5-6,10-11,16,18H2,1-4H3,(H2,24,26,27). The molecule has 0 aliphatic heterocycles. The highest BCUT2D eigenvalue weighted by molar-refractivity contribution is 5.79. The predicted molar refractivity (Wildman–Crippen MR) is 119 cm³/mol. The summed E-state index contributed by atoms with van der Waals surface area (Å²) in [4.78, 5) is 11.3. The lowest BCUT2D eigenvalue weighted by Crippen LogP contribution is -2.42. The van der Waals surface area contributed by atoms with Crippen LogP contribution in [0.1, 0.15) is 39.2 Å². The Kier molecular flexibility index (Phi) is 9.49. The lowest BCUT2D eigenvalue weighted by molar-refractivity contribution is 0.292. The molecule has 1 aromatic carbocycles. The predicted octanol–water partition coefficient (Wildman–Crippen LogP) is 3.92. The van der Waals surface area contributed by atoms with E-state index in [4.69, 9.17) is 0 Å². The van der Waals surface area contributed by atoms with Gasteiger partial charge in [0.15, 0.2) is 5.96 Å². The number of benzene rings is 1. The summed E-state index contributed by atoms with van der Waals surface area (Å²) in [5.41, 5.74) is 3.33. The highest BCUT2D eigenvalue weighted by Crippen LogP contribution is 2.17. The van der Waals surface area contributed by atoms with Crippen molar-refractivity contribution < 1.29 is 0 Å². The summed E-state index contributed by atoms with van der Waals surface area (Å²) >= 11 is 0. The molecule has 1 heterocycles. The highest BCUT2D eigenvalue weighted by atomic mass is 15.2. The molecule has 5 nitrogen and oxygen atoms in total. The Labute approximate surface area is 170 Å². The summed E-state index contributed by atoms with van der Waals surface area (Å²) in [5, 5.41) is 6.93. The second kappa shape index (κ2) is 12.1. The maximum Gasteiger partial charge on any atom is 0.191 e. The molecule has 0 spiro atoms. The van der Waals surface area contributed by atoms with E-state index in [0.29, 0.717) is 6.04 Å². The normalized spacial score (nSPS) is 12.8. The van der Waals surface area contributed by atoms with Gasteiger partial charge < -0.3 is 15.5 Å². The van der Waals surface area contributed by atoms with Crippen molar-refractivity contribution in [2.75, 3.05) is 26.7 Å². The van der Waals surface area contributed by atoms with E-state index in [-0.39, 0.29) is 0 Å². The van der Waals surface area contributed by atoms with Gasteiger partial charge in [0.05, 0.1) is 5.69 Å². The van der Waals surface area contributed by atoms with Crippen LogP contribution in [0.5, 0.6) is 0 Å². The topological polar surface area (TPSA) is 52.5 Å². The smallest absolute Gasteiger partial charge is 0.191 e. The first-order valence-electron chi connectivity index (χ1n) is 10.4. The van der Waals surface area contributed by atoms with Crippen LogP contribution in [0.3, 0.4) is 0 Å². The van der Waals surface area contributed by atoms with E-state index in [1.165, 1.54) is 12.0 Å². The Morgan fingerprint density at radius 3 is 2.64 bits per heavy atom. The third-order valence-corrected chi connectivity index (χ3v) is 4.96. The Hall–Kier alpha value is -2.40. The van der Waals surface area contributed by atoms with Crippen molar-refractivity contribution >= 4 is 5.96 Å². The highest BCUT2D eigenvalue weighted by Gasteiger charge is 2.07. The first kappa shape index (κ1) is 21.9. The van der Waals surface area contributed by atoms with Gasteiger partial charge in [-0.2, -0.15) is 0 Å². The van der Waals surface area contributed by atoms with Crippen molar-refractivity contribution in [2.45, 2.75) is 46.2 Å². The Morgan fingerprint density at radius 1 is 1.14 bits per heavy atom. The van der Waals surface area contributed by atoms with Gasteiger partial charge in [-0.1, -0.05) is 38.1 Å². The molecular weight excluding hydrogens is 346 g/mol. The number of rotatable bonds is 10. The molecule has 0 fully saturated rings. The lowest BCUT2D eigenvalue weighted by atomic mass is 10.1. The summed E-state index contributed by atoms with van der Waals surface area (Å²) in [7, 11) is 1.82. The first-order valence-corrected chi connectivity index (χ1v) is 10.4. The van der Waals surface area contributed by atoms with Crippen LogP contribution < -0.4 is 10.6 Å². The minimum atomic E-state index is 0.390. The zero-order valence-corrected chi connectivity index (χ0v) is 17.8. The summed E-state index contributed by atoms with van der Waals surface area (Å²) in [6.45, 7) is 10.8. The minimum Gasteiger partial charge on any atom is -0.354 e. The lowest BCUT2D eigenvalue weighted by Gasteiger charge is -2.21. The van der Waals surface area contributed by atoms with Gasteiger partial charge in [0.1, 0.15) is 0 Å². The largest absolute Gasteiger partial charge is 0.354 e. The van der Waals surface area contributed by atoms with E-state index in [1.807, 2.05) is 31.4 Å². The SMILES string of the molecule is CCN(CC)CCCC(C)NC(=NC)NCc1cccc(-c2ccccn2)c1. The van der Waals surface area contributed by atoms with Gasteiger partial charge >= 0.3 is 0 Å². The van der Waals surface area contributed by atoms with Crippen LogP contribution >= 0.6 is 0 Å². The second-order valence-corrected chi connectivity index (χ2v) is 7.06. The summed E-state index contributed by atoms with van der Waals surface area (Å²) in [5.74, 6) is 0.846. The maximum absolute atomic E-state index is 4.43. The molecule has 1 unspecified atom stereocenters. The summed E-state index contributed by atoms with van der Waals surface area (Å²) < 4.78 is 0. The van der Waals surface area contributed by atoms with Crippen LogP contribution in [0.25, 0.3) is 11.3 Å². The molecule has 0 radical (unpaired) electrons. The van der Waals surface area contributed by atoms with Gasteiger partial charge in [-0.05, 0) is 63.2 Å². The van der Waals surface area contributed by atoms with Crippen LogP contribution in [0, 0.1) is 0 Å². The minimum absolute atomic E-state index is 0.390. The third-order valence-electron chi connectivity index (χ3n) is 4.96. The van der Waals surface area contributed by atoms with E-state index in [2.05, 4.69) is 70.5 Å². The van der Waals surface area contributed by atoms with E-state index >= 15 is 0 Å². The molecule has 0 aliphatic rings. The van der Waals surface area contributed by atoms with Crippen molar-refractivity contribution in [3.05, 3.63) is 54.2 Å². The monoisotopic (exact) mass is 381 g/mol. The fourth-order valence-corrected chi connectivity index (χ4v) is 3.22. The van der Waals surface area contributed by atoms with E-state index in [0.717, 1.165) is 49.8 Å². The zero-order chi connectivity index (χ0) is 20.2. The zero-order valence-electron chi connectivity index (χ0n) is 17.8. The van der Waals surface area contributed by atoms with Gasteiger partial charge in [-0.15, -0.1) is 0 Å². The van der Waals surface area contributed by atoms with Crippen molar-refractivity contribution in [1.82, 2.24) is 20.5 Å². The molecule has 1 aromatic heterocycles. The molecule has 0 saturated carbocycles. The number of guanidine groups is 1. The van der Waals surface area contributed by atoms with E-state index in [1.54, 1.807) is 0 Å². The second-order valence-electron chi connectivity index (χ2n) is 7.06. The number of hydrogen-bond acceptors (Lipinski definition) is 3. The van der Waals surface area contributed by atoms with Crippen LogP contribution in [0.4, 0.5) is 0 Å². The van der Waals surface area contributed by atoms with E-state index in [9.17, 15) is 0 Å². The molecule has 0 bridgehead atoms. The van der Waals surface area contributed by atoms with Gasteiger partial charge in [-0.3, -0.25) is 9.98 Å². The van der Waals surface area contributed by atoms with Gasteiger partial charge in [0, 0.05) is 31.4 Å². The van der Waals surface area contributed by atoms with Crippen LogP contribution in [-0.4, -0.2) is 48.6 Å². The number of aliphatic imine (C=N–C) groups is 1. The molecular formula is C23H35N5. The van der Waals surface area contributed by atoms with Gasteiger partial charge in [0.25, 0.3) is 0 Å². The molecule has 152 valence electrons. The Morgan fingerprint density at radius 2 is 1.96 bits per heavy atom. The van der Waals surface area contributed by atoms with Crippen molar-refractivity contribution in [3.8, 4) is 11.3 Å². The maximum atomic E-state index is 4.43. The van der Waals surface area contributed by atoms with Crippen LogP contribution in [-0.2, 0) is 6.54 Å². The number of nitrogens with zero attached hydrogens (tertiary/aromatic N) is 3. The summed E-state index contributed by atoms with van der Waals surface area (Å²) in [6.07, 6.45) is 4.15. The van der Waals surface area contributed by atoms with Gasteiger partial charge in [-0.25, -0.2) is 0 Å². The van der Waals surface area contributed by atoms with Crippen molar-refractivity contribution in [2.24, 2.45) is 4.99 Å². The van der Waals surface area contributed by atoms with Crippen LogP contribution in [0.15, 0.2) is 53.7 Å². The molecule has 0 saturated heterocycles. The van der Waals surface area contributed by atoms with E-state index < -0.39 is 0 Å². The molecule has 1 atom stereocenters. The quantitative estimate of drug-likeness (QED) is 0.484. The first-order chi connectivity index (χ1) is 13.7. The number of hydrogen-bond donors (Lipinski definition) is 2. The molecule has 2 rings (SSSR count). The molecule has 0 aliphatic carbocycles. The Balaban J connectivity index is 1.82. The number of nitrogens with one attached hydrogen (secondary N) is 2. The van der Waals surface area contributed by atoms with Crippen LogP contribution in [0.2, 0.25) is 0 Å².